The summed E-state index contributed by atoms with van der Waals surface area (Å²) in [6.07, 6.45) is 6.43. The van der Waals surface area contributed by atoms with E-state index in [0.717, 1.165) is 25.9 Å². The van der Waals surface area contributed by atoms with E-state index in [1.807, 2.05) is 6.20 Å². The van der Waals surface area contributed by atoms with E-state index >= 15 is 0 Å². The summed E-state index contributed by atoms with van der Waals surface area (Å²) in [7, 11) is 0. The van der Waals surface area contributed by atoms with Gasteiger partial charge in [0.1, 0.15) is 0 Å². The average Bonchev–Trinajstić information content (AvgIpc) is 2.86. The Balaban J connectivity index is 1.72. The lowest BCUT2D eigenvalue weighted by molar-refractivity contribution is 0.282. The zero-order chi connectivity index (χ0) is 12.6. The van der Waals surface area contributed by atoms with Crippen molar-refractivity contribution in [1.29, 1.82) is 0 Å². The Bertz CT molecular complexity index is 464. The van der Waals surface area contributed by atoms with Gasteiger partial charge < -0.3 is 15.4 Å². The van der Waals surface area contributed by atoms with Gasteiger partial charge in [-0.2, -0.15) is 0 Å². The molecule has 1 aromatic carbocycles. The molecule has 0 bridgehead atoms. The molecule has 0 aliphatic rings. The highest BCUT2D eigenvalue weighted by Gasteiger charge is 2.00. The first kappa shape index (κ1) is 13.1. The molecule has 0 saturated carbocycles. The maximum absolute atomic E-state index is 8.68. The van der Waals surface area contributed by atoms with E-state index in [9.17, 15) is 0 Å². The minimum atomic E-state index is 0.322. The Morgan fingerprint density at radius 3 is 2.83 bits per heavy atom. The number of benzene rings is 1. The second-order valence-electron chi connectivity index (χ2n) is 4.67. The summed E-state index contributed by atoms with van der Waals surface area (Å²) in [6.45, 7) is 2.30. The van der Waals surface area contributed by atoms with Crippen LogP contribution in [0.4, 0.5) is 0 Å². The van der Waals surface area contributed by atoms with Gasteiger partial charge in [-0.05, 0) is 37.1 Å². The van der Waals surface area contributed by atoms with Gasteiger partial charge in [-0.3, -0.25) is 0 Å². The number of aromatic amines is 1. The van der Waals surface area contributed by atoms with Gasteiger partial charge in [-0.15, -0.1) is 0 Å². The lowest BCUT2D eigenvalue weighted by Gasteiger charge is -2.06. The third-order valence-corrected chi connectivity index (χ3v) is 3.26. The first-order valence-corrected chi connectivity index (χ1v) is 6.78. The molecule has 1 aromatic heterocycles. The molecule has 0 atom stereocenters. The Labute approximate surface area is 108 Å². The highest BCUT2D eigenvalue weighted by atomic mass is 16.2. The number of fused-ring (bicyclic) bond motifs is 1. The van der Waals surface area contributed by atoms with E-state index in [4.69, 9.17) is 5.11 Å². The third kappa shape index (κ3) is 3.59. The van der Waals surface area contributed by atoms with Crippen molar-refractivity contribution in [2.45, 2.75) is 32.2 Å². The summed E-state index contributed by atoms with van der Waals surface area (Å²) in [5.74, 6) is 0. The minimum Gasteiger partial charge on any atom is -0.396 e. The maximum Gasteiger partial charge on any atom is 0.0457 e. The molecule has 0 fully saturated rings. The van der Waals surface area contributed by atoms with Gasteiger partial charge in [-0.25, -0.2) is 0 Å². The van der Waals surface area contributed by atoms with Crippen LogP contribution in [0.25, 0.3) is 10.9 Å². The zero-order valence-electron chi connectivity index (χ0n) is 10.8. The van der Waals surface area contributed by atoms with Crippen LogP contribution in [0.15, 0.2) is 30.5 Å². The number of hydrogen-bond acceptors (Lipinski definition) is 2. The van der Waals surface area contributed by atoms with E-state index in [2.05, 4.69) is 34.6 Å². The fraction of sp³-hybridized carbons (Fsp3) is 0.467. The largest absolute Gasteiger partial charge is 0.396 e. The van der Waals surface area contributed by atoms with Gasteiger partial charge in [0.25, 0.3) is 0 Å². The molecule has 0 saturated heterocycles. The van der Waals surface area contributed by atoms with Crippen LogP contribution in [0.1, 0.15) is 31.2 Å². The van der Waals surface area contributed by atoms with Crippen LogP contribution in [-0.2, 0) is 6.54 Å². The summed E-state index contributed by atoms with van der Waals surface area (Å²) in [4.78, 5) is 3.23. The van der Waals surface area contributed by atoms with Crippen LogP contribution in [0, 0.1) is 0 Å². The topological polar surface area (TPSA) is 48.0 Å². The number of aliphatic hydroxyl groups is 1. The maximum atomic E-state index is 8.68. The van der Waals surface area contributed by atoms with Gasteiger partial charge in [0.05, 0.1) is 0 Å². The van der Waals surface area contributed by atoms with Crippen LogP contribution in [0.2, 0.25) is 0 Å². The second kappa shape index (κ2) is 7.19. The van der Waals surface area contributed by atoms with Crippen molar-refractivity contribution < 1.29 is 5.11 Å². The molecule has 0 aliphatic heterocycles. The summed E-state index contributed by atoms with van der Waals surface area (Å²) in [5.41, 5.74) is 2.56. The molecule has 3 nitrogen and oxygen atoms in total. The number of hydrogen-bond donors (Lipinski definition) is 3. The van der Waals surface area contributed by atoms with Crippen molar-refractivity contribution in [3.63, 3.8) is 0 Å². The second-order valence-corrected chi connectivity index (χ2v) is 4.67. The molecule has 0 unspecified atom stereocenters. The lowest BCUT2D eigenvalue weighted by atomic mass is 10.1. The van der Waals surface area contributed by atoms with Crippen molar-refractivity contribution in [1.82, 2.24) is 10.3 Å². The van der Waals surface area contributed by atoms with E-state index in [1.54, 1.807) is 0 Å². The quantitative estimate of drug-likeness (QED) is 0.627. The van der Waals surface area contributed by atoms with E-state index in [1.165, 1.54) is 29.3 Å². The highest BCUT2D eigenvalue weighted by Crippen LogP contribution is 2.16. The summed E-state index contributed by atoms with van der Waals surface area (Å²) in [5, 5.41) is 13.5. The Kier molecular flexibility index (Phi) is 5.24. The summed E-state index contributed by atoms with van der Waals surface area (Å²) < 4.78 is 0. The smallest absolute Gasteiger partial charge is 0.0457 e. The number of rotatable bonds is 8. The molecule has 18 heavy (non-hydrogen) atoms. The standard InChI is InChI=1S/C15H22N2O/c18-11-4-2-1-3-9-16-12-13-6-5-7-15-14(13)8-10-17-15/h5-8,10,16-18H,1-4,9,11-12H2. The van der Waals surface area contributed by atoms with Gasteiger partial charge >= 0.3 is 0 Å². The molecular formula is C15H22N2O. The Hall–Kier alpha value is -1.32. The molecule has 1 heterocycles. The Morgan fingerprint density at radius 2 is 1.94 bits per heavy atom. The predicted molar refractivity (Wildman–Crippen MR) is 75.6 cm³/mol. The molecule has 0 radical (unpaired) electrons. The Morgan fingerprint density at radius 1 is 1.06 bits per heavy atom. The van der Waals surface area contributed by atoms with Crippen molar-refractivity contribution in [2.75, 3.05) is 13.2 Å². The fourth-order valence-electron chi connectivity index (χ4n) is 2.24. The number of H-pyrrole nitrogens is 1. The number of aliphatic hydroxyl groups excluding tert-OH is 1. The van der Waals surface area contributed by atoms with Crippen LogP contribution in [0.5, 0.6) is 0 Å². The first-order valence-electron chi connectivity index (χ1n) is 6.78. The zero-order valence-corrected chi connectivity index (χ0v) is 10.8. The van der Waals surface area contributed by atoms with Crippen LogP contribution >= 0.6 is 0 Å². The predicted octanol–water partition coefficient (Wildman–Crippen LogP) is 2.81. The third-order valence-electron chi connectivity index (χ3n) is 3.26. The van der Waals surface area contributed by atoms with Crippen molar-refractivity contribution in [3.05, 3.63) is 36.0 Å². The van der Waals surface area contributed by atoms with Gasteiger partial charge in [0, 0.05) is 30.3 Å². The molecule has 2 rings (SSSR count). The molecule has 3 N–H and O–H groups in total. The van der Waals surface area contributed by atoms with Crippen molar-refractivity contribution in [3.8, 4) is 0 Å². The molecular weight excluding hydrogens is 224 g/mol. The van der Waals surface area contributed by atoms with Crippen LogP contribution in [0.3, 0.4) is 0 Å². The van der Waals surface area contributed by atoms with E-state index < -0.39 is 0 Å². The SMILES string of the molecule is OCCCCCCNCc1cccc2[nH]ccc12. The number of nitrogens with one attached hydrogen (secondary N) is 2. The summed E-state index contributed by atoms with van der Waals surface area (Å²) in [6, 6.07) is 8.51. The monoisotopic (exact) mass is 246 g/mol. The lowest BCUT2D eigenvalue weighted by Crippen LogP contribution is -2.14. The first-order chi connectivity index (χ1) is 8.92. The summed E-state index contributed by atoms with van der Waals surface area (Å²) >= 11 is 0. The van der Waals surface area contributed by atoms with E-state index in [0.29, 0.717) is 6.61 Å². The fourth-order valence-corrected chi connectivity index (χ4v) is 2.24. The van der Waals surface area contributed by atoms with E-state index in [-0.39, 0.29) is 0 Å². The minimum absolute atomic E-state index is 0.322. The molecule has 2 aromatic rings. The highest BCUT2D eigenvalue weighted by molar-refractivity contribution is 5.82. The molecule has 0 aliphatic carbocycles. The van der Waals surface area contributed by atoms with Crippen molar-refractivity contribution >= 4 is 10.9 Å². The molecule has 98 valence electrons. The van der Waals surface area contributed by atoms with Crippen molar-refractivity contribution in [2.24, 2.45) is 0 Å². The number of aromatic nitrogens is 1. The molecule has 0 spiro atoms. The van der Waals surface area contributed by atoms with Crippen LogP contribution in [-0.4, -0.2) is 23.2 Å². The normalized spacial score (nSPS) is 11.2. The molecule has 3 heteroatoms. The van der Waals surface area contributed by atoms with Gasteiger partial charge in [0.2, 0.25) is 0 Å². The molecule has 0 amide bonds. The van der Waals surface area contributed by atoms with Gasteiger partial charge in [0.15, 0.2) is 0 Å². The average molecular weight is 246 g/mol. The number of unbranched alkanes of at least 4 members (excludes halogenated alkanes) is 3. The van der Waals surface area contributed by atoms with Crippen LogP contribution < -0.4 is 5.32 Å². The van der Waals surface area contributed by atoms with Gasteiger partial charge in [-0.1, -0.05) is 25.0 Å².